The zero-order valence-electron chi connectivity index (χ0n) is 18.0. The molecular formula is C23H24F2N6O2. The molecule has 0 unspecified atom stereocenters. The van der Waals surface area contributed by atoms with E-state index in [0.29, 0.717) is 30.0 Å². The summed E-state index contributed by atoms with van der Waals surface area (Å²) in [6, 6.07) is 8.78. The highest BCUT2D eigenvalue weighted by molar-refractivity contribution is 5.81. The number of rotatable bonds is 7. The van der Waals surface area contributed by atoms with Crippen LogP contribution in [0.25, 0.3) is 0 Å². The standard InChI is InChI=1S/C23H24F2N6O2/c1-13-16(5-7-19(26)30-13)11-29-22(32)18-6-8-20-28-12-17(23(33)31(18)20)27-10-14-3-2-4-15(9-14)21(24)25/h2-5,7,9,12,18,21,27H,6,8,10-11H2,1H3,(H2,26,30)(H,29,32)/t18-/m0/s1. The predicted molar refractivity (Wildman–Crippen MR) is 120 cm³/mol. The zero-order chi connectivity index (χ0) is 23.5. The molecular weight excluding hydrogens is 430 g/mol. The number of nitrogen functional groups attached to an aromatic ring is 1. The summed E-state index contributed by atoms with van der Waals surface area (Å²) in [5, 5.41) is 5.83. The Kier molecular flexibility index (Phi) is 6.34. The quantitative estimate of drug-likeness (QED) is 0.506. The molecule has 1 aliphatic heterocycles. The lowest BCUT2D eigenvalue weighted by Crippen LogP contribution is -2.36. The number of alkyl halides is 2. The number of anilines is 2. The van der Waals surface area contributed by atoms with Crippen molar-refractivity contribution in [1.29, 1.82) is 0 Å². The van der Waals surface area contributed by atoms with Crippen molar-refractivity contribution in [3.8, 4) is 0 Å². The van der Waals surface area contributed by atoms with Crippen LogP contribution in [0.3, 0.4) is 0 Å². The summed E-state index contributed by atoms with van der Waals surface area (Å²) < 4.78 is 27.3. The number of benzene rings is 1. The fourth-order valence-electron chi connectivity index (χ4n) is 3.91. The van der Waals surface area contributed by atoms with E-state index in [1.165, 1.54) is 22.9 Å². The van der Waals surface area contributed by atoms with Crippen molar-refractivity contribution in [1.82, 2.24) is 19.9 Å². The van der Waals surface area contributed by atoms with E-state index in [1.54, 1.807) is 24.3 Å². The summed E-state index contributed by atoms with van der Waals surface area (Å²) >= 11 is 0. The number of aromatic nitrogens is 3. The van der Waals surface area contributed by atoms with Crippen molar-refractivity contribution in [2.45, 2.75) is 45.3 Å². The van der Waals surface area contributed by atoms with Gasteiger partial charge in [-0.05, 0) is 36.6 Å². The second kappa shape index (κ2) is 9.35. The van der Waals surface area contributed by atoms with Crippen LogP contribution in [-0.4, -0.2) is 20.4 Å². The number of carbonyl (C=O) groups is 1. The molecule has 1 aliphatic rings. The predicted octanol–water partition coefficient (Wildman–Crippen LogP) is 2.88. The molecule has 0 spiro atoms. The first kappa shape index (κ1) is 22.4. The average Bonchev–Trinajstić information content (AvgIpc) is 3.23. The minimum absolute atomic E-state index is 0.0821. The molecule has 33 heavy (non-hydrogen) atoms. The normalized spacial score (nSPS) is 14.8. The van der Waals surface area contributed by atoms with Gasteiger partial charge in [-0.3, -0.25) is 14.2 Å². The Labute approximate surface area is 188 Å². The van der Waals surface area contributed by atoms with E-state index < -0.39 is 12.5 Å². The lowest BCUT2D eigenvalue weighted by molar-refractivity contribution is -0.124. The molecule has 4 N–H and O–H groups in total. The highest BCUT2D eigenvalue weighted by Gasteiger charge is 2.31. The summed E-state index contributed by atoms with van der Waals surface area (Å²) in [4.78, 5) is 34.5. The van der Waals surface area contributed by atoms with Crippen LogP contribution in [0.15, 0.2) is 47.4 Å². The molecule has 0 fully saturated rings. The highest BCUT2D eigenvalue weighted by atomic mass is 19.3. The number of hydrogen-bond donors (Lipinski definition) is 3. The van der Waals surface area contributed by atoms with Gasteiger partial charge in [0, 0.05) is 30.8 Å². The van der Waals surface area contributed by atoms with E-state index >= 15 is 0 Å². The summed E-state index contributed by atoms with van der Waals surface area (Å²) in [7, 11) is 0. The molecule has 4 rings (SSSR count). The average molecular weight is 454 g/mol. The highest BCUT2D eigenvalue weighted by Crippen LogP contribution is 2.24. The summed E-state index contributed by atoms with van der Waals surface area (Å²) in [6.07, 6.45) is -0.168. The van der Waals surface area contributed by atoms with Crippen molar-refractivity contribution in [3.05, 3.63) is 81.2 Å². The number of hydrogen-bond acceptors (Lipinski definition) is 6. The molecule has 0 aliphatic carbocycles. The van der Waals surface area contributed by atoms with Crippen LogP contribution in [0.4, 0.5) is 20.3 Å². The Hall–Kier alpha value is -3.82. The third kappa shape index (κ3) is 4.84. The molecule has 0 radical (unpaired) electrons. The van der Waals surface area contributed by atoms with Gasteiger partial charge < -0.3 is 16.4 Å². The molecule has 1 aromatic carbocycles. The number of amides is 1. The number of fused-ring (bicyclic) bond motifs is 1. The van der Waals surface area contributed by atoms with E-state index in [1.807, 2.05) is 6.92 Å². The smallest absolute Gasteiger partial charge is 0.277 e. The van der Waals surface area contributed by atoms with Gasteiger partial charge in [-0.2, -0.15) is 0 Å². The minimum Gasteiger partial charge on any atom is -0.384 e. The third-order valence-electron chi connectivity index (χ3n) is 5.68. The first-order valence-corrected chi connectivity index (χ1v) is 10.5. The monoisotopic (exact) mass is 454 g/mol. The van der Waals surface area contributed by atoms with Gasteiger partial charge in [0.05, 0.1) is 6.20 Å². The van der Waals surface area contributed by atoms with Gasteiger partial charge in [-0.15, -0.1) is 0 Å². The van der Waals surface area contributed by atoms with E-state index in [-0.39, 0.29) is 35.8 Å². The molecule has 1 amide bonds. The molecule has 0 saturated heterocycles. The van der Waals surface area contributed by atoms with Crippen molar-refractivity contribution < 1.29 is 13.6 Å². The summed E-state index contributed by atoms with van der Waals surface area (Å²) in [6.45, 7) is 2.26. The maximum atomic E-state index is 13.1. The molecule has 0 saturated carbocycles. The number of nitrogens with zero attached hydrogens (tertiary/aromatic N) is 3. The number of pyridine rings is 1. The second-order valence-corrected chi connectivity index (χ2v) is 7.92. The van der Waals surface area contributed by atoms with Gasteiger partial charge in [-0.1, -0.05) is 24.3 Å². The van der Waals surface area contributed by atoms with Gasteiger partial charge in [-0.25, -0.2) is 18.7 Å². The minimum atomic E-state index is -2.57. The van der Waals surface area contributed by atoms with Crippen molar-refractivity contribution >= 4 is 17.4 Å². The number of nitrogens with one attached hydrogen (secondary N) is 2. The van der Waals surface area contributed by atoms with Gasteiger partial charge in [0.2, 0.25) is 5.91 Å². The summed E-state index contributed by atoms with van der Waals surface area (Å²) in [5.74, 6) is 0.664. The van der Waals surface area contributed by atoms with E-state index in [0.717, 1.165) is 11.3 Å². The van der Waals surface area contributed by atoms with Crippen molar-refractivity contribution in [2.24, 2.45) is 0 Å². The van der Waals surface area contributed by atoms with Crippen LogP contribution in [0, 0.1) is 6.92 Å². The van der Waals surface area contributed by atoms with Crippen molar-refractivity contribution in [2.75, 3.05) is 11.1 Å². The molecule has 10 heteroatoms. The summed E-state index contributed by atoms with van der Waals surface area (Å²) in [5.41, 5.74) is 7.60. The molecule has 3 heterocycles. The second-order valence-electron chi connectivity index (χ2n) is 7.92. The first-order valence-electron chi connectivity index (χ1n) is 10.5. The fraction of sp³-hybridized carbons (Fsp3) is 0.304. The Balaban J connectivity index is 1.47. The van der Waals surface area contributed by atoms with Crippen LogP contribution in [0.1, 0.15) is 47.1 Å². The molecule has 2 aromatic heterocycles. The fourth-order valence-corrected chi connectivity index (χ4v) is 3.91. The number of aryl methyl sites for hydroxylation is 2. The van der Waals surface area contributed by atoms with Gasteiger partial charge in [0.1, 0.15) is 23.4 Å². The number of halogens is 2. The van der Waals surface area contributed by atoms with Crippen LogP contribution in [-0.2, 0) is 24.3 Å². The Morgan fingerprint density at radius 3 is 2.85 bits per heavy atom. The molecule has 0 bridgehead atoms. The van der Waals surface area contributed by atoms with Gasteiger partial charge in [0.15, 0.2) is 0 Å². The molecule has 3 aromatic rings. The largest absolute Gasteiger partial charge is 0.384 e. The zero-order valence-corrected chi connectivity index (χ0v) is 18.0. The number of carbonyl (C=O) groups excluding carboxylic acids is 1. The van der Waals surface area contributed by atoms with E-state index in [2.05, 4.69) is 20.6 Å². The van der Waals surface area contributed by atoms with Crippen LogP contribution >= 0.6 is 0 Å². The maximum absolute atomic E-state index is 13.1. The topological polar surface area (TPSA) is 115 Å². The van der Waals surface area contributed by atoms with Crippen LogP contribution in [0.2, 0.25) is 0 Å². The Bertz CT molecular complexity index is 1240. The van der Waals surface area contributed by atoms with Gasteiger partial charge in [0.25, 0.3) is 12.0 Å². The lowest BCUT2D eigenvalue weighted by Gasteiger charge is -2.16. The number of nitrogens with two attached hydrogens (primary N) is 1. The molecule has 172 valence electrons. The first-order chi connectivity index (χ1) is 15.8. The lowest BCUT2D eigenvalue weighted by atomic mass is 10.1. The van der Waals surface area contributed by atoms with Crippen LogP contribution < -0.4 is 21.9 Å². The van der Waals surface area contributed by atoms with E-state index in [9.17, 15) is 18.4 Å². The Morgan fingerprint density at radius 2 is 2.09 bits per heavy atom. The van der Waals surface area contributed by atoms with Crippen molar-refractivity contribution in [3.63, 3.8) is 0 Å². The van der Waals surface area contributed by atoms with Gasteiger partial charge >= 0.3 is 0 Å². The Morgan fingerprint density at radius 1 is 1.27 bits per heavy atom. The molecule has 1 atom stereocenters. The SMILES string of the molecule is Cc1nc(N)ccc1CNC(=O)[C@@H]1CCc2ncc(NCc3cccc(C(F)F)c3)c(=O)n21. The molecule has 8 nitrogen and oxygen atoms in total. The third-order valence-corrected chi connectivity index (χ3v) is 5.68. The van der Waals surface area contributed by atoms with Crippen LogP contribution in [0.5, 0.6) is 0 Å². The van der Waals surface area contributed by atoms with E-state index in [4.69, 9.17) is 5.73 Å². The maximum Gasteiger partial charge on any atom is 0.277 e.